The molecule has 1 aromatic heterocycles. The Morgan fingerprint density at radius 2 is 2.09 bits per heavy atom. The highest BCUT2D eigenvalue weighted by Gasteiger charge is 2.42. The van der Waals surface area contributed by atoms with Crippen LogP contribution in [0.2, 0.25) is 0 Å². The molecule has 3 heterocycles. The summed E-state index contributed by atoms with van der Waals surface area (Å²) in [5.74, 6) is -0.115. The van der Waals surface area contributed by atoms with Gasteiger partial charge in [0.15, 0.2) is 0 Å². The van der Waals surface area contributed by atoms with Crippen molar-refractivity contribution >= 4 is 15.9 Å². The predicted molar refractivity (Wildman–Crippen MR) is 84.4 cm³/mol. The second kappa shape index (κ2) is 6.54. The SMILES string of the molecule is CS(=O)(=O)N1C[C@@H]2CCCO[C@@H]2[C@H](NC(=O)c2ccncc2)C1. The Labute approximate surface area is 136 Å². The molecule has 0 saturated carbocycles. The highest BCUT2D eigenvalue weighted by atomic mass is 32.2. The van der Waals surface area contributed by atoms with Crippen molar-refractivity contribution in [3.63, 3.8) is 0 Å². The zero-order valence-electron chi connectivity index (χ0n) is 13.0. The number of amides is 1. The minimum absolute atomic E-state index is 0.120. The number of fused-ring (bicyclic) bond motifs is 1. The molecule has 23 heavy (non-hydrogen) atoms. The van der Waals surface area contributed by atoms with Crippen molar-refractivity contribution in [2.75, 3.05) is 26.0 Å². The van der Waals surface area contributed by atoms with Crippen LogP contribution in [-0.4, -0.2) is 61.7 Å². The third-order valence-corrected chi connectivity index (χ3v) is 5.69. The third kappa shape index (κ3) is 3.70. The Balaban J connectivity index is 1.78. The van der Waals surface area contributed by atoms with Gasteiger partial charge < -0.3 is 10.1 Å². The Hall–Kier alpha value is -1.51. The number of aromatic nitrogens is 1. The highest BCUT2D eigenvalue weighted by Crippen LogP contribution is 2.29. The lowest BCUT2D eigenvalue weighted by atomic mass is 9.86. The van der Waals surface area contributed by atoms with Crippen molar-refractivity contribution in [1.29, 1.82) is 0 Å². The van der Waals surface area contributed by atoms with E-state index in [1.165, 1.54) is 10.6 Å². The fourth-order valence-corrected chi connectivity index (χ4v) is 4.21. The van der Waals surface area contributed by atoms with Crippen LogP contribution in [0.3, 0.4) is 0 Å². The van der Waals surface area contributed by atoms with Gasteiger partial charge in [-0.3, -0.25) is 9.78 Å². The monoisotopic (exact) mass is 339 g/mol. The van der Waals surface area contributed by atoms with Crippen LogP contribution in [-0.2, 0) is 14.8 Å². The van der Waals surface area contributed by atoms with E-state index in [0.717, 1.165) is 12.8 Å². The van der Waals surface area contributed by atoms with Gasteiger partial charge in [0.1, 0.15) is 0 Å². The fraction of sp³-hybridized carbons (Fsp3) is 0.600. The maximum absolute atomic E-state index is 12.4. The largest absolute Gasteiger partial charge is 0.376 e. The number of sulfonamides is 1. The van der Waals surface area contributed by atoms with Gasteiger partial charge in [0, 0.05) is 43.6 Å². The summed E-state index contributed by atoms with van der Waals surface area (Å²) in [5, 5.41) is 2.94. The number of carbonyl (C=O) groups is 1. The average molecular weight is 339 g/mol. The summed E-state index contributed by atoms with van der Waals surface area (Å²) in [6.45, 7) is 1.36. The van der Waals surface area contributed by atoms with Crippen LogP contribution >= 0.6 is 0 Å². The molecular weight excluding hydrogens is 318 g/mol. The normalized spacial score (nSPS) is 28.8. The van der Waals surface area contributed by atoms with E-state index in [2.05, 4.69) is 10.3 Å². The molecular formula is C15H21N3O4S. The summed E-state index contributed by atoms with van der Waals surface area (Å²) in [7, 11) is -3.29. The summed E-state index contributed by atoms with van der Waals surface area (Å²) >= 11 is 0. The van der Waals surface area contributed by atoms with E-state index in [4.69, 9.17) is 4.74 Å². The first-order valence-electron chi connectivity index (χ1n) is 7.73. The number of rotatable bonds is 3. The van der Waals surface area contributed by atoms with Gasteiger partial charge in [-0.1, -0.05) is 0 Å². The van der Waals surface area contributed by atoms with E-state index in [1.54, 1.807) is 24.5 Å². The Morgan fingerprint density at radius 3 is 2.78 bits per heavy atom. The Morgan fingerprint density at radius 1 is 1.35 bits per heavy atom. The number of hydrogen-bond acceptors (Lipinski definition) is 5. The first kappa shape index (κ1) is 16.4. The van der Waals surface area contributed by atoms with Gasteiger partial charge in [-0.25, -0.2) is 8.42 Å². The van der Waals surface area contributed by atoms with Crippen molar-refractivity contribution in [3.8, 4) is 0 Å². The van der Waals surface area contributed by atoms with Crippen LogP contribution in [0.15, 0.2) is 24.5 Å². The van der Waals surface area contributed by atoms with Gasteiger partial charge in [0.05, 0.1) is 18.4 Å². The Bertz CT molecular complexity index is 665. The number of piperidine rings is 1. The van der Waals surface area contributed by atoms with E-state index in [-0.39, 0.29) is 30.5 Å². The van der Waals surface area contributed by atoms with Crippen molar-refractivity contribution < 1.29 is 17.9 Å². The van der Waals surface area contributed by atoms with E-state index < -0.39 is 10.0 Å². The first-order valence-corrected chi connectivity index (χ1v) is 9.57. The molecule has 2 fully saturated rings. The van der Waals surface area contributed by atoms with Crippen LogP contribution < -0.4 is 5.32 Å². The quantitative estimate of drug-likeness (QED) is 0.853. The zero-order valence-corrected chi connectivity index (χ0v) is 13.8. The third-order valence-electron chi connectivity index (χ3n) is 4.46. The van der Waals surface area contributed by atoms with Crippen molar-refractivity contribution in [3.05, 3.63) is 30.1 Å². The van der Waals surface area contributed by atoms with Crippen LogP contribution in [0, 0.1) is 5.92 Å². The molecule has 0 spiro atoms. The van der Waals surface area contributed by atoms with Crippen LogP contribution in [0.5, 0.6) is 0 Å². The smallest absolute Gasteiger partial charge is 0.251 e. The number of nitrogens with one attached hydrogen (secondary N) is 1. The number of hydrogen-bond donors (Lipinski definition) is 1. The minimum atomic E-state index is -3.29. The number of nitrogens with zero attached hydrogens (tertiary/aromatic N) is 2. The van der Waals surface area contributed by atoms with Crippen LogP contribution in [0.1, 0.15) is 23.2 Å². The number of carbonyl (C=O) groups excluding carboxylic acids is 1. The molecule has 2 aliphatic heterocycles. The number of ether oxygens (including phenoxy) is 1. The van der Waals surface area contributed by atoms with Crippen molar-refractivity contribution in [2.45, 2.75) is 25.0 Å². The molecule has 1 aromatic rings. The van der Waals surface area contributed by atoms with Gasteiger partial charge in [0.2, 0.25) is 10.0 Å². The lowest BCUT2D eigenvalue weighted by Gasteiger charge is -2.45. The summed E-state index contributed by atoms with van der Waals surface area (Å²) in [4.78, 5) is 16.3. The molecule has 0 bridgehead atoms. The zero-order chi connectivity index (χ0) is 16.4. The van der Waals surface area contributed by atoms with E-state index >= 15 is 0 Å². The standard InChI is InChI=1S/C15H21N3O4S/c1-23(20,21)18-9-12-3-2-8-22-14(12)13(10-18)17-15(19)11-4-6-16-7-5-11/h4-7,12-14H,2-3,8-10H2,1H3,(H,17,19)/t12-,13+,14-/m0/s1. The summed E-state index contributed by atoms with van der Waals surface area (Å²) in [6, 6.07) is 2.92. The molecule has 8 heteroatoms. The van der Waals surface area contributed by atoms with Gasteiger partial charge in [-0.15, -0.1) is 0 Å². The molecule has 0 aliphatic carbocycles. The van der Waals surface area contributed by atoms with Crippen LogP contribution in [0.4, 0.5) is 0 Å². The molecule has 2 saturated heterocycles. The summed E-state index contributed by atoms with van der Waals surface area (Å²) in [6.07, 6.45) is 6.02. The summed E-state index contributed by atoms with van der Waals surface area (Å²) in [5.41, 5.74) is 0.504. The molecule has 7 nitrogen and oxygen atoms in total. The topological polar surface area (TPSA) is 88.6 Å². The Kier molecular flexibility index (Phi) is 4.65. The number of pyridine rings is 1. The van der Waals surface area contributed by atoms with Gasteiger partial charge in [-0.2, -0.15) is 4.31 Å². The second-order valence-electron chi connectivity index (χ2n) is 6.13. The molecule has 1 N–H and O–H groups in total. The van der Waals surface area contributed by atoms with Crippen LogP contribution in [0.25, 0.3) is 0 Å². The summed E-state index contributed by atoms with van der Waals surface area (Å²) < 4.78 is 31.1. The first-order chi connectivity index (χ1) is 10.9. The minimum Gasteiger partial charge on any atom is -0.376 e. The molecule has 126 valence electrons. The molecule has 0 radical (unpaired) electrons. The van der Waals surface area contributed by atoms with E-state index in [9.17, 15) is 13.2 Å². The molecule has 0 aromatic carbocycles. The highest BCUT2D eigenvalue weighted by molar-refractivity contribution is 7.88. The lowest BCUT2D eigenvalue weighted by molar-refractivity contribution is -0.0704. The molecule has 3 atom stereocenters. The van der Waals surface area contributed by atoms with Gasteiger partial charge in [0.25, 0.3) is 5.91 Å². The molecule has 1 amide bonds. The molecule has 2 aliphatic rings. The predicted octanol–water partition coefficient (Wildman–Crippen LogP) is 0.250. The van der Waals surface area contributed by atoms with E-state index in [0.29, 0.717) is 18.7 Å². The van der Waals surface area contributed by atoms with E-state index in [1.807, 2.05) is 0 Å². The molecule has 0 unspecified atom stereocenters. The maximum Gasteiger partial charge on any atom is 0.251 e. The van der Waals surface area contributed by atoms with Crippen molar-refractivity contribution in [2.24, 2.45) is 5.92 Å². The average Bonchev–Trinajstić information content (AvgIpc) is 2.54. The maximum atomic E-state index is 12.4. The lowest BCUT2D eigenvalue weighted by Crippen LogP contribution is -2.61. The van der Waals surface area contributed by atoms with Gasteiger partial charge in [-0.05, 0) is 25.0 Å². The fourth-order valence-electron chi connectivity index (χ4n) is 3.32. The van der Waals surface area contributed by atoms with Gasteiger partial charge >= 0.3 is 0 Å². The second-order valence-corrected chi connectivity index (χ2v) is 8.12. The van der Waals surface area contributed by atoms with Crippen molar-refractivity contribution in [1.82, 2.24) is 14.6 Å². The molecule has 3 rings (SSSR count).